The molecule has 0 aliphatic carbocycles. The predicted molar refractivity (Wildman–Crippen MR) is 114 cm³/mol. The fourth-order valence-electron chi connectivity index (χ4n) is 2.59. The first-order valence-corrected chi connectivity index (χ1v) is 11.8. The average molecular weight is 476 g/mol. The molecule has 1 aliphatic rings. The van der Waals surface area contributed by atoms with Gasteiger partial charge in [0.2, 0.25) is 15.9 Å². The van der Waals surface area contributed by atoms with E-state index in [1.54, 1.807) is 31.2 Å². The maximum atomic E-state index is 12.6. The van der Waals surface area contributed by atoms with Crippen molar-refractivity contribution in [3.63, 3.8) is 0 Å². The van der Waals surface area contributed by atoms with E-state index in [4.69, 9.17) is 27.9 Å². The molecule has 1 aromatic heterocycles. The number of hydrogen-bond acceptors (Lipinski definition) is 6. The molecule has 0 bridgehead atoms. The van der Waals surface area contributed by atoms with Crippen LogP contribution in [0.1, 0.15) is 6.92 Å². The molecule has 1 aliphatic heterocycles. The fourth-order valence-corrected chi connectivity index (χ4v) is 5.07. The van der Waals surface area contributed by atoms with E-state index in [0.29, 0.717) is 47.1 Å². The van der Waals surface area contributed by atoms with Crippen LogP contribution >= 0.6 is 35.0 Å². The summed E-state index contributed by atoms with van der Waals surface area (Å²) in [6, 6.07) is 7.90. The Bertz CT molecular complexity index is 981. The summed E-state index contributed by atoms with van der Waals surface area (Å²) in [6.45, 7) is 3.12. The molecular weight excluding hydrogens is 457 g/mol. The maximum absolute atomic E-state index is 12.6. The lowest BCUT2D eigenvalue weighted by atomic mass is 10.3. The number of nitrogens with one attached hydrogen (secondary N) is 1. The van der Waals surface area contributed by atoms with Crippen molar-refractivity contribution >= 4 is 56.6 Å². The molecule has 0 radical (unpaired) electrons. The molecule has 0 saturated carbocycles. The van der Waals surface area contributed by atoms with Gasteiger partial charge in [0, 0.05) is 24.3 Å². The Morgan fingerprint density at radius 1 is 1.24 bits per heavy atom. The number of aromatic nitrogens is 1. The van der Waals surface area contributed by atoms with Crippen LogP contribution in [0.25, 0.3) is 0 Å². The second-order valence-electron chi connectivity index (χ2n) is 6.22. The molecule has 1 saturated heterocycles. The number of nitrogens with zero attached hydrogens (tertiary/aromatic N) is 2. The lowest BCUT2D eigenvalue weighted by Crippen LogP contribution is -2.40. The standard InChI is InChI=1S/C18H19Cl2N3O4S2/c1-12(18(24)22-16-10-13(19)2-4-15(16)20)28-17-5-3-14(11-21-17)29(25,26)23-6-8-27-9-7-23/h2-5,10-12H,6-9H2,1H3,(H,22,24)/t12-/m1/s1. The largest absolute Gasteiger partial charge is 0.379 e. The molecule has 1 aromatic carbocycles. The van der Waals surface area contributed by atoms with Crippen molar-refractivity contribution in [1.29, 1.82) is 0 Å². The zero-order valence-corrected chi connectivity index (χ0v) is 18.6. The zero-order valence-electron chi connectivity index (χ0n) is 15.5. The molecule has 1 atom stereocenters. The second-order valence-corrected chi connectivity index (χ2v) is 10.4. The first-order valence-electron chi connectivity index (χ1n) is 8.74. The van der Waals surface area contributed by atoms with Crippen LogP contribution in [0.3, 0.4) is 0 Å². The van der Waals surface area contributed by atoms with E-state index in [9.17, 15) is 13.2 Å². The van der Waals surface area contributed by atoms with Crippen LogP contribution in [-0.4, -0.2) is 55.2 Å². The third-order valence-corrected chi connectivity index (χ3v) is 7.67. The van der Waals surface area contributed by atoms with Gasteiger partial charge in [-0.1, -0.05) is 35.0 Å². The number of anilines is 1. The van der Waals surface area contributed by atoms with E-state index >= 15 is 0 Å². The fraction of sp³-hybridized carbons (Fsp3) is 0.333. The van der Waals surface area contributed by atoms with Gasteiger partial charge in [-0.25, -0.2) is 13.4 Å². The lowest BCUT2D eigenvalue weighted by Gasteiger charge is -2.25. The normalized spacial score (nSPS) is 16.4. The van der Waals surface area contributed by atoms with Crippen LogP contribution in [0.2, 0.25) is 10.0 Å². The van der Waals surface area contributed by atoms with Gasteiger partial charge in [0.25, 0.3) is 0 Å². The number of ether oxygens (including phenoxy) is 1. The highest BCUT2D eigenvalue weighted by Crippen LogP contribution is 2.28. The number of benzene rings is 1. The molecular formula is C18H19Cl2N3O4S2. The Hall–Kier alpha value is -1.36. The van der Waals surface area contributed by atoms with Gasteiger partial charge in [-0.05, 0) is 37.3 Å². The van der Waals surface area contributed by atoms with Gasteiger partial charge in [-0.15, -0.1) is 0 Å². The number of thioether (sulfide) groups is 1. The van der Waals surface area contributed by atoms with Gasteiger partial charge in [0.05, 0.1) is 34.2 Å². The van der Waals surface area contributed by atoms with Crippen molar-refractivity contribution in [2.75, 3.05) is 31.6 Å². The number of carbonyl (C=O) groups is 1. The van der Waals surface area contributed by atoms with Crippen LogP contribution in [-0.2, 0) is 19.6 Å². The summed E-state index contributed by atoms with van der Waals surface area (Å²) in [5.74, 6) is -0.272. The van der Waals surface area contributed by atoms with E-state index in [1.807, 2.05) is 0 Å². The van der Waals surface area contributed by atoms with Crippen LogP contribution in [0.4, 0.5) is 5.69 Å². The first-order chi connectivity index (χ1) is 13.8. The topological polar surface area (TPSA) is 88.6 Å². The third kappa shape index (κ3) is 5.62. The van der Waals surface area contributed by atoms with Crippen molar-refractivity contribution in [2.45, 2.75) is 22.1 Å². The number of morpholine rings is 1. The molecule has 1 amide bonds. The zero-order chi connectivity index (χ0) is 21.0. The summed E-state index contributed by atoms with van der Waals surface area (Å²) in [7, 11) is -3.60. The van der Waals surface area contributed by atoms with Crippen LogP contribution in [0.5, 0.6) is 0 Å². The number of hydrogen-bond donors (Lipinski definition) is 1. The van der Waals surface area contributed by atoms with Gasteiger partial charge in [-0.2, -0.15) is 4.31 Å². The second kappa shape index (κ2) is 9.63. The highest BCUT2D eigenvalue weighted by atomic mass is 35.5. The Morgan fingerprint density at radius 2 is 1.97 bits per heavy atom. The first kappa shape index (κ1) is 22.3. The summed E-state index contributed by atoms with van der Waals surface area (Å²) < 4.78 is 31.8. The van der Waals surface area contributed by atoms with Crippen molar-refractivity contribution in [2.24, 2.45) is 0 Å². The van der Waals surface area contributed by atoms with Crippen LogP contribution < -0.4 is 5.32 Å². The molecule has 3 rings (SSSR count). The minimum Gasteiger partial charge on any atom is -0.379 e. The van der Waals surface area contributed by atoms with Crippen molar-refractivity contribution in [3.05, 3.63) is 46.6 Å². The number of sulfonamides is 1. The predicted octanol–water partition coefficient (Wildman–Crippen LogP) is 3.53. The number of rotatable bonds is 6. The molecule has 1 N–H and O–H groups in total. The van der Waals surface area contributed by atoms with Gasteiger partial charge in [0.15, 0.2) is 0 Å². The van der Waals surface area contributed by atoms with Crippen molar-refractivity contribution in [1.82, 2.24) is 9.29 Å². The molecule has 156 valence electrons. The number of pyridine rings is 1. The average Bonchev–Trinajstić information content (AvgIpc) is 2.71. The Kier molecular flexibility index (Phi) is 7.42. The van der Waals surface area contributed by atoms with E-state index in [1.165, 1.54) is 28.3 Å². The molecule has 29 heavy (non-hydrogen) atoms. The summed E-state index contributed by atoms with van der Waals surface area (Å²) in [4.78, 5) is 16.8. The molecule has 1 fully saturated rings. The number of carbonyl (C=O) groups excluding carboxylic acids is 1. The summed E-state index contributed by atoms with van der Waals surface area (Å²) in [6.07, 6.45) is 1.31. The summed E-state index contributed by atoms with van der Waals surface area (Å²) >= 11 is 13.2. The molecule has 2 heterocycles. The summed E-state index contributed by atoms with van der Waals surface area (Å²) in [5.41, 5.74) is 0.427. The number of amides is 1. The Labute approximate surface area is 183 Å². The SMILES string of the molecule is C[C@@H](Sc1ccc(S(=O)(=O)N2CCOCC2)cn1)C(=O)Nc1cc(Cl)ccc1Cl. The quantitative estimate of drug-likeness (QED) is 0.642. The van der Waals surface area contributed by atoms with E-state index in [0.717, 1.165) is 0 Å². The third-order valence-electron chi connectivity index (χ3n) is 4.17. The minimum atomic E-state index is -3.60. The molecule has 0 unspecified atom stereocenters. The van der Waals surface area contributed by atoms with E-state index in [-0.39, 0.29) is 10.8 Å². The highest BCUT2D eigenvalue weighted by Gasteiger charge is 2.26. The van der Waals surface area contributed by atoms with E-state index in [2.05, 4.69) is 10.3 Å². The van der Waals surface area contributed by atoms with Crippen molar-refractivity contribution in [3.8, 4) is 0 Å². The lowest BCUT2D eigenvalue weighted by molar-refractivity contribution is -0.115. The molecule has 11 heteroatoms. The number of halogens is 2. The smallest absolute Gasteiger partial charge is 0.244 e. The Morgan fingerprint density at radius 3 is 2.62 bits per heavy atom. The van der Waals surface area contributed by atoms with Gasteiger partial charge >= 0.3 is 0 Å². The Balaban J connectivity index is 1.64. The molecule has 7 nitrogen and oxygen atoms in total. The monoisotopic (exact) mass is 475 g/mol. The van der Waals surface area contributed by atoms with E-state index < -0.39 is 15.3 Å². The van der Waals surface area contributed by atoms with Gasteiger partial charge in [-0.3, -0.25) is 4.79 Å². The van der Waals surface area contributed by atoms with Crippen LogP contribution in [0, 0.1) is 0 Å². The molecule has 2 aromatic rings. The summed E-state index contributed by atoms with van der Waals surface area (Å²) in [5, 5.41) is 3.62. The molecule has 0 spiro atoms. The van der Waals surface area contributed by atoms with Crippen molar-refractivity contribution < 1.29 is 17.9 Å². The highest BCUT2D eigenvalue weighted by molar-refractivity contribution is 8.00. The van der Waals surface area contributed by atoms with Gasteiger partial charge in [0.1, 0.15) is 4.90 Å². The maximum Gasteiger partial charge on any atom is 0.244 e. The minimum absolute atomic E-state index is 0.117. The van der Waals surface area contributed by atoms with Crippen LogP contribution in [0.15, 0.2) is 46.5 Å². The van der Waals surface area contributed by atoms with Gasteiger partial charge < -0.3 is 10.1 Å².